The molecule has 0 aromatic heterocycles. The van der Waals surface area contributed by atoms with E-state index in [4.69, 9.17) is 5.11 Å². The highest BCUT2D eigenvalue weighted by Crippen LogP contribution is 2.23. The predicted octanol–water partition coefficient (Wildman–Crippen LogP) is 2.02. The topological polar surface area (TPSA) is 69.6 Å². The minimum atomic E-state index is -0.887. The minimum absolute atomic E-state index is 0.0494. The van der Waals surface area contributed by atoms with Crippen molar-refractivity contribution < 1.29 is 14.7 Å². The molecule has 5 nitrogen and oxygen atoms in total. The molecule has 6 heteroatoms. The third-order valence-corrected chi connectivity index (χ3v) is 4.54. The molecule has 1 heterocycles. The third kappa shape index (κ3) is 4.93. The Hall–Kier alpha value is -0.910. The third-order valence-electron chi connectivity index (χ3n) is 3.35. The highest BCUT2D eigenvalue weighted by atomic mass is 32.2. The molecule has 0 radical (unpaired) electrons. The monoisotopic (exact) mass is 288 g/mol. The Morgan fingerprint density at radius 2 is 2.11 bits per heavy atom. The fourth-order valence-electron chi connectivity index (χ4n) is 2.01. The average Bonchev–Trinajstić information content (AvgIpc) is 2.26. The molecule has 0 aromatic carbocycles. The molecule has 2 atom stereocenters. The Kier molecular flexibility index (Phi) is 5.52. The van der Waals surface area contributed by atoms with Crippen LogP contribution in [0.15, 0.2) is 0 Å². The van der Waals surface area contributed by atoms with E-state index in [1.807, 2.05) is 39.5 Å². The van der Waals surface area contributed by atoms with Crippen LogP contribution in [0, 0.1) is 5.41 Å². The highest BCUT2D eigenvalue weighted by Gasteiger charge is 2.31. The van der Waals surface area contributed by atoms with Crippen LogP contribution in [-0.2, 0) is 4.79 Å². The lowest BCUT2D eigenvalue weighted by molar-refractivity contribution is -0.138. The maximum absolute atomic E-state index is 12.3. The van der Waals surface area contributed by atoms with Gasteiger partial charge in [0.2, 0.25) is 0 Å². The van der Waals surface area contributed by atoms with Crippen molar-refractivity contribution in [1.82, 2.24) is 10.2 Å². The van der Waals surface area contributed by atoms with Crippen LogP contribution in [0.4, 0.5) is 4.79 Å². The van der Waals surface area contributed by atoms with Crippen molar-refractivity contribution in [2.75, 3.05) is 18.1 Å². The van der Waals surface area contributed by atoms with Crippen molar-refractivity contribution in [2.45, 2.75) is 46.2 Å². The van der Waals surface area contributed by atoms with Crippen LogP contribution in [0.2, 0.25) is 0 Å². The molecule has 0 bridgehead atoms. The van der Waals surface area contributed by atoms with Gasteiger partial charge in [-0.25, -0.2) is 4.79 Å². The van der Waals surface area contributed by atoms with Gasteiger partial charge in [0.15, 0.2) is 0 Å². The fraction of sp³-hybridized carbons (Fsp3) is 0.846. The maximum atomic E-state index is 12.3. The molecular formula is C13H24N2O3S. The second-order valence-electron chi connectivity index (χ2n) is 6.08. The van der Waals surface area contributed by atoms with E-state index < -0.39 is 5.97 Å². The van der Waals surface area contributed by atoms with Gasteiger partial charge in [-0.1, -0.05) is 20.8 Å². The lowest BCUT2D eigenvalue weighted by atomic mass is 9.85. The standard InChI is InChI=1S/C13H24N2O3S/c1-9-8-19-6-5-15(9)12(18)14-10(7-11(16)17)13(2,3)4/h9-10H,5-8H2,1-4H3,(H,14,18)(H,16,17). The number of carboxylic acid groups (broad SMARTS) is 1. The number of carbonyl (C=O) groups excluding carboxylic acids is 1. The number of carboxylic acids is 1. The summed E-state index contributed by atoms with van der Waals surface area (Å²) in [4.78, 5) is 25.0. The van der Waals surface area contributed by atoms with Gasteiger partial charge in [0.1, 0.15) is 0 Å². The van der Waals surface area contributed by atoms with Gasteiger partial charge in [-0.2, -0.15) is 11.8 Å². The summed E-state index contributed by atoms with van der Waals surface area (Å²) in [6.45, 7) is 8.57. The van der Waals surface area contributed by atoms with Crippen molar-refractivity contribution in [3.8, 4) is 0 Å². The molecular weight excluding hydrogens is 264 g/mol. The summed E-state index contributed by atoms with van der Waals surface area (Å²) in [7, 11) is 0. The highest BCUT2D eigenvalue weighted by molar-refractivity contribution is 7.99. The summed E-state index contributed by atoms with van der Waals surface area (Å²) in [5.41, 5.74) is -0.276. The molecule has 1 fully saturated rings. The molecule has 110 valence electrons. The van der Waals surface area contributed by atoms with Gasteiger partial charge < -0.3 is 15.3 Å². The first kappa shape index (κ1) is 16.1. The van der Waals surface area contributed by atoms with E-state index in [1.165, 1.54) is 0 Å². The second-order valence-corrected chi connectivity index (χ2v) is 7.23. The smallest absolute Gasteiger partial charge is 0.317 e. The number of carbonyl (C=O) groups is 2. The van der Waals surface area contributed by atoms with Crippen molar-refractivity contribution in [1.29, 1.82) is 0 Å². The van der Waals surface area contributed by atoms with Crippen LogP contribution in [0.1, 0.15) is 34.1 Å². The first-order valence-corrected chi connectivity index (χ1v) is 7.74. The quantitative estimate of drug-likeness (QED) is 0.833. The maximum Gasteiger partial charge on any atom is 0.317 e. The Morgan fingerprint density at radius 1 is 1.47 bits per heavy atom. The molecule has 0 aromatic rings. The van der Waals surface area contributed by atoms with E-state index in [-0.39, 0.29) is 30.0 Å². The van der Waals surface area contributed by atoms with Gasteiger partial charge in [-0.05, 0) is 12.3 Å². The number of aliphatic carboxylic acids is 1. The summed E-state index contributed by atoms with van der Waals surface area (Å²) >= 11 is 1.84. The lowest BCUT2D eigenvalue weighted by Crippen LogP contribution is -2.54. The fourth-order valence-corrected chi connectivity index (χ4v) is 3.02. The van der Waals surface area contributed by atoms with E-state index >= 15 is 0 Å². The van der Waals surface area contributed by atoms with Crippen LogP contribution >= 0.6 is 11.8 Å². The zero-order chi connectivity index (χ0) is 14.6. The van der Waals surface area contributed by atoms with Gasteiger partial charge >= 0.3 is 12.0 Å². The Balaban J connectivity index is 2.67. The van der Waals surface area contributed by atoms with Gasteiger partial charge in [0.05, 0.1) is 6.42 Å². The molecule has 1 aliphatic rings. The molecule has 1 aliphatic heterocycles. The van der Waals surface area contributed by atoms with Crippen molar-refractivity contribution in [3.05, 3.63) is 0 Å². The lowest BCUT2D eigenvalue weighted by Gasteiger charge is -2.37. The number of nitrogens with zero attached hydrogens (tertiary/aromatic N) is 1. The van der Waals surface area contributed by atoms with Gasteiger partial charge in [-0.15, -0.1) is 0 Å². The van der Waals surface area contributed by atoms with Gasteiger partial charge in [-0.3, -0.25) is 4.79 Å². The SMILES string of the molecule is CC1CSCCN1C(=O)NC(CC(=O)O)C(C)(C)C. The number of rotatable bonds is 3. The van der Waals surface area contributed by atoms with Crippen LogP contribution in [-0.4, -0.2) is 52.1 Å². The molecule has 1 rings (SSSR count). The first-order valence-electron chi connectivity index (χ1n) is 6.58. The number of hydrogen-bond acceptors (Lipinski definition) is 3. The number of hydrogen-bond donors (Lipinski definition) is 2. The van der Waals surface area contributed by atoms with Crippen molar-refractivity contribution >= 4 is 23.8 Å². The molecule has 0 saturated carbocycles. The first-order chi connectivity index (χ1) is 8.71. The number of nitrogens with one attached hydrogen (secondary N) is 1. The van der Waals surface area contributed by atoms with Crippen molar-refractivity contribution in [3.63, 3.8) is 0 Å². The van der Waals surface area contributed by atoms with Crippen LogP contribution < -0.4 is 5.32 Å². The Bertz CT molecular complexity index is 341. The molecule has 2 N–H and O–H groups in total. The van der Waals surface area contributed by atoms with Crippen LogP contribution in [0.25, 0.3) is 0 Å². The summed E-state index contributed by atoms with van der Waals surface area (Å²) < 4.78 is 0. The van der Waals surface area contributed by atoms with Crippen molar-refractivity contribution in [2.24, 2.45) is 5.41 Å². The zero-order valence-electron chi connectivity index (χ0n) is 12.1. The Morgan fingerprint density at radius 3 is 2.58 bits per heavy atom. The van der Waals surface area contributed by atoms with E-state index in [1.54, 1.807) is 4.90 Å². The second kappa shape index (κ2) is 6.50. The zero-order valence-corrected chi connectivity index (χ0v) is 12.9. The molecule has 1 saturated heterocycles. The minimum Gasteiger partial charge on any atom is -0.481 e. The summed E-state index contributed by atoms with van der Waals surface area (Å²) in [6.07, 6.45) is -0.0494. The van der Waals surface area contributed by atoms with E-state index in [2.05, 4.69) is 5.32 Å². The Labute approximate surface area is 119 Å². The summed E-state index contributed by atoms with van der Waals surface area (Å²) in [5.74, 6) is 0.992. The van der Waals surface area contributed by atoms with Crippen LogP contribution in [0.5, 0.6) is 0 Å². The van der Waals surface area contributed by atoms with E-state index in [0.29, 0.717) is 0 Å². The molecule has 2 unspecified atom stereocenters. The van der Waals surface area contributed by atoms with Gasteiger partial charge in [0.25, 0.3) is 0 Å². The predicted molar refractivity (Wildman–Crippen MR) is 77.5 cm³/mol. The molecule has 19 heavy (non-hydrogen) atoms. The van der Waals surface area contributed by atoms with E-state index in [0.717, 1.165) is 18.1 Å². The van der Waals surface area contributed by atoms with Gasteiger partial charge in [0, 0.05) is 30.1 Å². The molecule has 2 amide bonds. The largest absolute Gasteiger partial charge is 0.481 e. The normalized spacial score (nSPS) is 21.9. The van der Waals surface area contributed by atoms with Crippen LogP contribution in [0.3, 0.4) is 0 Å². The summed E-state index contributed by atoms with van der Waals surface area (Å²) in [6, 6.07) is -0.308. The average molecular weight is 288 g/mol. The summed E-state index contributed by atoms with van der Waals surface area (Å²) in [5, 5.41) is 11.8. The molecule has 0 spiro atoms. The number of thioether (sulfide) groups is 1. The number of urea groups is 1. The molecule has 0 aliphatic carbocycles. The van der Waals surface area contributed by atoms with E-state index in [9.17, 15) is 9.59 Å². The number of amides is 2.